The highest BCUT2D eigenvalue weighted by atomic mass is 35.5. The van der Waals surface area contributed by atoms with Gasteiger partial charge in [0, 0.05) is 9.72 Å². The van der Waals surface area contributed by atoms with E-state index in [9.17, 15) is 24.4 Å². The second kappa shape index (κ2) is 8.71. The molecule has 10 heteroatoms. The van der Waals surface area contributed by atoms with Crippen LogP contribution in [0.3, 0.4) is 0 Å². The van der Waals surface area contributed by atoms with Gasteiger partial charge in [-0.05, 0) is 42.5 Å². The number of Topliss-reactive ketones (excluding diaryl/α,β-unsaturated/α-hetero) is 1. The van der Waals surface area contributed by atoms with Crippen molar-refractivity contribution >= 4 is 57.2 Å². The van der Waals surface area contributed by atoms with Crippen molar-refractivity contribution in [2.45, 2.75) is 38.6 Å². The van der Waals surface area contributed by atoms with Gasteiger partial charge < -0.3 is 4.90 Å². The summed E-state index contributed by atoms with van der Waals surface area (Å²) in [6.45, 7) is 2.96. The van der Waals surface area contributed by atoms with Crippen LogP contribution in [0.15, 0.2) is 18.2 Å². The van der Waals surface area contributed by atoms with Crippen LogP contribution >= 0.6 is 22.9 Å². The molecule has 0 radical (unpaired) electrons. The predicted molar refractivity (Wildman–Crippen MR) is 113 cm³/mol. The molecule has 30 heavy (non-hydrogen) atoms. The van der Waals surface area contributed by atoms with Crippen molar-refractivity contribution < 1.29 is 24.4 Å². The highest BCUT2D eigenvalue weighted by molar-refractivity contribution is 7.21. The molecule has 2 heterocycles. The number of carbonyl (C=O) groups is 4. The maximum Gasteiger partial charge on any atom is 0.325 e. The molecule has 1 aliphatic heterocycles. The van der Waals surface area contributed by atoms with E-state index in [1.54, 1.807) is 12.1 Å². The van der Waals surface area contributed by atoms with Gasteiger partial charge in [-0.1, -0.05) is 31.4 Å². The van der Waals surface area contributed by atoms with Crippen molar-refractivity contribution in [1.82, 2.24) is 15.3 Å². The second-order valence-electron chi connectivity index (χ2n) is 7.30. The van der Waals surface area contributed by atoms with Gasteiger partial charge in [0.2, 0.25) is 6.41 Å². The number of hydrogen-bond donors (Lipinski definition) is 2. The molecule has 160 valence electrons. The number of nitrogens with one attached hydrogen (secondary N) is 1. The normalized spacial score (nSPS) is 18.7. The first kappa shape index (κ1) is 22.2. The Hall–Kier alpha value is -2.49. The van der Waals surface area contributed by atoms with Crippen LogP contribution in [0.25, 0.3) is 10.1 Å². The van der Waals surface area contributed by atoms with Crippen molar-refractivity contribution in [3.05, 3.63) is 33.7 Å². The topological polar surface area (TPSA) is 107 Å². The standard InChI is InChI=1S/C20H22ClN3O5S/c1-3-4-7-20(10-23(29)11-25)18(27)22-19(28)24(20)9-15(26)17-12(2)14-8-13(21)5-6-16(14)30-17/h5-6,8,11,29H,3-4,7,9-10H2,1-2H3,(H,22,27,28)/t20-/m0/s1. The molecule has 0 saturated carbocycles. The number of ketones is 1. The minimum Gasteiger partial charge on any atom is -0.300 e. The highest BCUT2D eigenvalue weighted by Crippen LogP contribution is 2.34. The zero-order chi connectivity index (χ0) is 22.1. The van der Waals surface area contributed by atoms with Gasteiger partial charge in [0.05, 0.1) is 18.0 Å². The summed E-state index contributed by atoms with van der Waals surface area (Å²) in [5, 5.41) is 13.8. The summed E-state index contributed by atoms with van der Waals surface area (Å²) in [5.41, 5.74) is -0.754. The molecule has 1 fully saturated rings. The molecule has 2 aromatic rings. The first-order chi connectivity index (χ1) is 14.2. The summed E-state index contributed by atoms with van der Waals surface area (Å²) in [6.07, 6.45) is 1.68. The number of carbonyl (C=O) groups excluding carboxylic acids is 4. The van der Waals surface area contributed by atoms with Crippen molar-refractivity contribution in [1.29, 1.82) is 0 Å². The number of halogens is 1. The van der Waals surface area contributed by atoms with Crippen molar-refractivity contribution in [2.75, 3.05) is 13.1 Å². The number of hydrogen-bond acceptors (Lipinski definition) is 6. The van der Waals surface area contributed by atoms with Crippen LogP contribution in [0.5, 0.6) is 0 Å². The van der Waals surface area contributed by atoms with E-state index in [-0.39, 0.29) is 25.2 Å². The third kappa shape index (κ3) is 3.92. The van der Waals surface area contributed by atoms with Gasteiger partial charge >= 0.3 is 6.03 Å². The zero-order valence-corrected chi connectivity index (χ0v) is 18.2. The maximum absolute atomic E-state index is 13.1. The monoisotopic (exact) mass is 451 g/mol. The fraction of sp³-hybridized carbons (Fsp3) is 0.400. The number of unbranched alkanes of at least 4 members (excludes halogenated alkanes) is 1. The minimum atomic E-state index is -1.51. The van der Waals surface area contributed by atoms with Gasteiger partial charge in [0.1, 0.15) is 5.54 Å². The van der Waals surface area contributed by atoms with Crippen LogP contribution in [-0.2, 0) is 9.59 Å². The summed E-state index contributed by atoms with van der Waals surface area (Å²) in [7, 11) is 0. The van der Waals surface area contributed by atoms with E-state index in [1.165, 1.54) is 11.3 Å². The maximum atomic E-state index is 13.1. The molecule has 1 aromatic heterocycles. The van der Waals surface area contributed by atoms with Crippen LogP contribution in [0.1, 0.15) is 41.4 Å². The molecule has 1 atom stereocenters. The number of imide groups is 1. The Morgan fingerprint density at radius 1 is 1.40 bits per heavy atom. The Morgan fingerprint density at radius 2 is 2.13 bits per heavy atom. The average Bonchev–Trinajstić information content (AvgIpc) is 3.15. The number of rotatable bonds is 9. The molecule has 1 aliphatic rings. The van der Waals surface area contributed by atoms with Crippen molar-refractivity contribution in [3.63, 3.8) is 0 Å². The lowest BCUT2D eigenvalue weighted by Gasteiger charge is -2.36. The van der Waals surface area contributed by atoms with E-state index in [1.807, 2.05) is 19.9 Å². The van der Waals surface area contributed by atoms with E-state index in [0.29, 0.717) is 21.4 Å². The molecule has 1 aromatic carbocycles. The number of aryl methyl sites for hydroxylation is 1. The van der Waals surface area contributed by atoms with Crippen LogP contribution in [0.2, 0.25) is 5.02 Å². The van der Waals surface area contributed by atoms with Crippen LogP contribution < -0.4 is 5.32 Å². The third-order valence-corrected chi connectivity index (χ3v) is 6.90. The van der Waals surface area contributed by atoms with Gasteiger partial charge in [-0.2, -0.15) is 0 Å². The van der Waals surface area contributed by atoms with Gasteiger partial charge in [-0.25, -0.2) is 9.86 Å². The molecule has 2 N–H and O–H groups in total. The fourth-order valence-corrected chi connectivity index (χ4v) is 5.05. The molecule has 0 unspecified atom stereocenters. The Balaban J connectivity index is 1.96. The quantitative estimate of drug-likeness (QED) is 0.200. The van der Waals surface area contributed by atoms with Crippen LogP contribution in [0, 0.1) is 6.92 Å². The number of benzene rings is 1. The molecular weight excluding hydrogens is 430 g/mol. The summed E-state index contributed by atoms with van der Waals surface area (Å²) < 4.78 is 0.891. The molecule has 8 nitrogen and oxygen atoms in total. The van der Waals surface area contributed by atoms with Gasteiger partial charge in [0.15, 0.2) is 5.78 Å². The van der Waals surface area contributed by atoms with Crippen LogP contribution in [0.4, 0.5) is 4.79 Å². The molecule has 3 rings (SSSR count). The average molecular weight is 452 g/mol. The van der Waals surface area contributed by atoms with Gasteiger partial charge in [-0.15, -0.1) is 11.3 Å². The number of fused-ring (bicyclic) bond motifs is 1. The number of hydroxylamine groups is 2. The molecule has 0 aliphatic carbocycles. The Morgan fingerprint density at radius 3 is 2.80 bits per heavy atom. The van der Waals surface area contributed by atoms with Gasteiger partial charge in [-0.3, -0.25) is 24.9 Å². The molecular formula is C20H22ClN3O5S. The Labute approximate surface area is 182 Å². The first-order valence-corrected chi connectivity index (χ1v) is 10.7. The summed E-state index contributed by atoms with van der Waals surface area (Å²) in [4.78, 5) is 51.0. The van der Waals surface area contributed by atoms with Crippen molar-refractivity contribution in [3.8, 4) is 0 Å². The Kier molecular flexibility index (Phi) is 6.44. The lowest BCUT2D eigenvalue weighted by atomic mass is 9.90. The number of nitrogens with zero attached hydrogens (tertiary/aromatic N) is 2. The van der Waals surface area contributed by atoms with E-state index in [4.69, 9.17) is 11.6 Å². The smallest absolute Gasteiger partial charge is 0.300 e. The third-order valence-electron chi connectivity index (χ3n) is 5.35. The summed E-state index contributed by atoms with van der Waals surface area (Å²) in [6, 6.07) is 4.64. The highest BCUT2D eigenvalue weighted by Gasteiger charge is 2.54. The van der Waals surface area contributed by atoms with Gasteiger partial charge in [0.25, 0.3) is 5.91 Å². The molecule has 0 spiro atoms. The van der Waals surface area contributed by atoms with E-state index >= 15 is 0 Å². The zero-order valence-electron chi connectivity index (χ0n) is 16.6. The predicted octanol–water partition coefficient (Wildman–Crippen LogP) is 3.37. The molecule has 1 saturated heterocycles. The van der Waals surface area contributed by atoms with Crippen LogP contribution in [-0.4, -0.2) is 57.9 Å². The second-order valence-corrected chi connectivity index (χ2v) is 8.79. The van der Waals surface area contributed by atoms with E-state index in [0.717, 1.165) is 27.0 Å². The Bertz CT molecular complexity index is 1020. The molecule has 4 amide bonds. The SMILES string of the molecule is CCCC[C@]1(CN(O)C=O)C(=O)NC(=O)N1CC(=O)c1sc2ccc(Cl)cc2c1C. The number of amides is 4. The number of thiophene rings is 1. The van der Waals surface area contributed by atoms with E-state index < -0.39 is 24.0 Å². The number of urea groups is 1. The summed E-state index contributed by atoms with van der Waals surface area (Å²) in [5.74, 6) is -0.958. The molecule has 0 bridgehead atoms. The first-order valence-electron chi connectivity index (χ1n) is 9.49. The van der Waals surface area contributed by atoms with Crippen molar-refractivity contribution in [2.24, 2.45) is 0 Å². The lowest BCUT2D eigenvalue weighted by Crippen LogP contribution is -2.57. The largest absolute Gasteiger partial charge is 0.325 e. The summed E-state index contributed by atoms with van der Waals surface area (Å²) >= 11 is 7.36. The lowest BCUT2D eigenvalue weighted by molar-refractivity contribution is -0.159. The minimum absolute atomic E-state index is 0.170. The fourth-order valence-electron chi connectivity index (χ4n) is 3.75. The van der Waals surface area contributed by atoms with E-state index in [2.05, 4.69) is 5.32 Å².